The first-order chi connectivity index (χ1) is 12.4. The lowest BCUT2D eigenvalue weighted by Gasteiger charge is -2.27. The second-order valence-corrected chi connectivity index (χ2v) is 6.18. The van der Waals surface area contributed by atoms with Crippen molar-refractivity contribution in [2.45, 2.75) is 6.92 Å². The lowest BCUT2D eigenvalue weighted by Crippen LogP contribution is -2.46. The number of nitrogens with one attached hydrogen (secondary N) is 2. The van der Waals surface area contributed by atoms with Crippen LogP contribution in [0, 0.1) is 18.6 Å². The molecule has 3 rings (SSSR count). The molecule has 2 aromatic rings. The molecule has 1 fully saturated rings. The van der Waals surface area contributed by atoms with Gasteiger partial charge in [-0.25, -0.2) is 8.78 Å². The van der Waals surface area contributed by atoms with E-state index >= 15 is 0 Å². The summed E-state index contributed by atoms with van der Waals surface area (Å²) in [4.78, 5) is 26.5. The molecule has 0 aliphatic carbocycles. The van der Waals surface area contributed by atoms with Gasteiger partial charge in [0.2, 0.25) is 0 Å². The molecule has 2 N–H and O–H groups in total. The second kappa shape index (κ2) is 7.61. The van der Waals surface area contributed by atoms with Gasteiger partial charge in [-0.2, -0.15) is 0 Å². The molecule has 5 nitrogen and oxygen atoms in total. The van der Waals surface area contributed by atoms with Crippen LogP contribution in [-0.4, -0.2) is 42.9 Å². The molecule has 0 unspecified atom stereocenters. The number of hydrogen-bond donors (Lipinski definition) is 2. The zero-order valence-electron chi connectivity index (χ0n) is 14.3. The summed E-state index contributed by atoms with van der Waals surface area (Å²) in [6, 6.07) is 7.61. The number of nitrogens with zero attached hydrogens (tertiary/aromatic N) is 1. The SMILES string of the molecule is Cc1cc(C(=O)N2CCNCC2)ccc1NC(=O)c1cc(F)cc(F)c1. The van der Waals surface area contributed by atoms with Crippen LogP contribution >= 0.6 is 0 Å². The third-order valence-electron chi connectivity index (χ3n) is 4.25. The first kappa shape index (κ1) is 18.0. The highest BCUT2D eigenvalue weighted by atomic mass is 19.1. The number of amides is 2. The minimum Gasteiger partial charge on any atom is -0.336 e. The fourth-order valence-corrected chi connectivity index (χ4v) is 2.87. The summed E-state index contributed by atoms with van der Waals surface area (Å²) in [7, 11) is 0. The molecule has 0 bridgehead atoms. The summed E-state index contributed by atoms with van der Waals surface area (Å²) in [6.07, 6.45) is 0. The first-order valence-corrected chi connectivity index (χ1v) is 8.32. The van der Waals surface area contributed by atoms with E-state index in [0.717, 1.165) is 25.2 Å². The van der Waals surface area contributed by atoms with Gasteiger partial charge >= 0.3 is 0 Å². The van der Waals surface area contributed by atoms with Crippen LogP contribution in [0.1, 0.15) is 26.3 Å². The van der Waals surface area contributed by atoms with Crippen LogP contribution in [0.25, 0.3) is 0 Å². The second-order valence-electron chi connectivity index (χ2n) is 6.18. The summed E-state index contributed by atoms with van der Waals surface area (Å²) in [5.74, 6) is -2.31. The first-order valence-electron chi connectivity index (χ1n) is 8.32. The zero-order chi connectivity index (χ0) is 18.7. The average Bonchev–Trinajstić information content (AvgIpc) is 2.62. The highest BCUT2D eigenvalue weighted by molar-refractivity contribution is 6.05. The van der Waals surface area contributed by atoms with E-state index in [2.05, 4.69) is 10.6 Å². The van der Waals surface area contributed by atoms with Gasteiger partial charge in [0.25, 0.3) is 11.8 Å². The Morgan fingerprint density at radius 1 is 1.00 bits per heavy atom. The Morgan fingerprint density at radius 2 is 1.65 bits per heavy atom. The maximum absolute atomic E-state index is 13.3. The molecule has 1 saturated heterocycles. The molecule has 2 aromatic carbocycles. The number of aryl methyl sites for hydroxylation is 1. The van der Waals surface area contributed by atoms with Crippen molar-refractivity contribution in [3.05, 3.63) is 64.7 Å². The molecule has 136 valence electrons. The third-order valence-corrected chi connectivity index (χ3v) is 4.25. The van der Waals surface area contributed by atoms with Crippen LogP contribution in [0.4, 0.5) is 14.5 Å². The monoisotopic (exact) mass is 359 g/mol. The van der Waals surface area contributed by atoms with E-state index in [9.17, 15) is 18.4 Å². The minimum atomic E-state index is -0.816. The zero-order valence-corrected chi connectivity index (χ0v) is 14.3. The van der Waals surface area contributed by atoms with Crippen molar-refractivity contribution in [1.29, 1.82) is 0 Å². The number of piperazine rings is 1. The number of rotatable bonds is 3. The Kier molecular flexibility index (Phi) is 5.27. The van der Waals surface area contributed by atoms with Gasteiger partial charge in [0, 0.05) is 49.1 Å². The number of halogens is 2. The lowest BCUT2D eigenvalue weighted by molar-refractivity contribution is 0.0735. The molecule has 1 aliphatic heterocycles. The molecule has 0 radical (unpaired) electrons. The molecule has 0 aromatic heterocycles. The third kappa shape index (κ3) is 4.05. The van der Waals surface area contributed by atoms with Crippen molar-refractivity contribution in [3.8, 4) is 0 Å². The van der Waals surface area contributed by atoms with Crippen LogP contribution in [0.5, 0.6) is 0 Å². The Labute approximate surface area is 150 Å². The van der Waals surface area contributed by atoms with E-state index in [-0.39, 0.29) is 11.5 Å². The van der Waals surface area contributed by atoms with Gasteiger partial charge in [0.05, 0.1) is 0 Å². The number of anilines is 1. The molecular formula is C19H19F2N3O2. The van der Waals surface area contributed by atoms with Crippen LogP contribution in [0.3, 0.4) is 0 Å². The highest BCUT2D eigenvalue weighted by Crippen LogP contribution is 2.19. The fraction of sp³-hybridized carbons (Fsp3) is 0.263. The quantitative estimate of drug-likeness (QED) is 0.886. The minimum absolute atomic E-state index is 0.0559. The van der Waals surface area contributed by atoms with Gasteiger partial charge in [0.15, 0.2) is 0 Å². The van der Waals surface area contributed by atoms with Crippen molar-refractivity contribution in [2.75, 3.05) is 31.5 Å². The van der Waals surface area contributed by atoms with Crippen molar-refractivity contribution >= 4 is 17.5 Å². The lowest BCUT2D eigenvalue weighted by atomic mass is 10.1. The Morgan fingerprint density at radius 3 is 2.27 bits per heavy atom. The normalized spacial score (nSPS) is 14.2. The van der Waals surface area contributed by atoms with Crippen LogP contribution in [0.2, 0.25) is 0 Å². The fourth-order valence-electron chi connectivity index (χ4n) is 2.87. The molecule has 0 atom stereocenters. The summed E-state index contributed by atoms with van der Waals surface area (Å²) < 4.78 is 26.5. The van der Waals surface area contributed by atoms with E-state index in [1.807, 2.05) is 0 Å². The summed E-state index contributed by atoms with van der Waals surface area (Å²) >= 11 is 0. The molecule has 0 spiro atoms. The Balaban J connectivity index is 1.75. The molecule has 1 heterocycles. The highest BCUT2D eigenvalue weighted by Gasteiger charge is 2.19. The van der Waals surface area contributed by atoms with E-state index in [0.29, 0.717) is 36.0 Å². The summed E-state index contributed by atoms with van der Waals surface area (Å²) in [5.41, 5.74) is 1.61. The van der Waals surface area contributed by atoms with Crippen molar-refractivity contribution < 1.29 is 18.4 Å². The number of carbonyl (C=O) groups is 2. The van der Waals surface area contributed by atoms with E-state index in [1.165, 1.54) is 0 Å². The Hall–Kier alpha value is -2.80. The Bertz CT molecular complexity index is 828. The van der Waals surface area contributed by atoms with Gasteiger partial charge in [-0.1, -0.05) is 0 Å². The van der Waals surface area contributed by atoms with Crippen molar-refractivity contribution in [1.82, 2.24) is 10.2 Å². The summed E-state index contributed by atoms with van der Waals surface area (Å²) in [6.45, 7) is 4.60. The maximum Gasteiger partial charge on any atom is 0.255 e. The van der Waals surface area contributed by atoms with E-state index < -0.39 is 17.5 Å². The van der Waals surface area contributed by atoms with Crippen molar-refractivity contribution in [3.63, 3.8) is 0 Å². The number of hydrogen-bond acceptors (Lipinski definition) is 3. The van der Waals surface area contributed by atoms with Gasteiger partial charge in [-0.15, -0.1) is 0 Å². The van der Waals surface area contributed by atoms with Gasteiger partial charge in [-0.3, -0.25) is 9.59 Å². The van der Waals surface area contributed by atoms with Crippen LogP contribution in [0.15, 0.2) is 36.4 Å². The molecule has 7 heteroatoms. The van der Waals surface area contributed by atoms with Gasteiger partial charge in [-0.05, 0) is 42.8 Å². The van der Waals surface area contributed by atoms with E-state index in [4.69, 9.17) is 0 Å². The predicted molar refractivity (Wildman–Crippen MR) is 94.3 cm³/mol. The van der Waals surface area contributed by atoms with Gasteiger partial charge in [0.1, 0.15) is 11.6 Å². The number of carbonyl (C=O) groups excluding carboxylic acids is 2. The summed E-state index contributed by atoms with van der Waals surface area (Å²) in [5, 5.41) is 5.81. The van der Waals surface area contributed by atoms with Crippen LogP contribution < -0.4 is 10.6 Å². The largest absolute Gasteiger partial charge is 0.336 e. The van der Waals surface area contributed by atoms with E-state index in [1.54, 1.807) is 30.0 Å². The standard InChI is InChI=1S/C19H19F2N3O2/c1-12-8-13(19(26)24-6-4-22-5-7-24)2-3-17(12)23-18(25)14-9-15(20)11-16(21)10-14/h2-3,8-11,22H,4-7H2,1H3,(H,23,25). The molecule has 1 aliphatic rings. The topological polar surface area (TPSA) is 61.4 Å². The predicted octanol–water partition coefficient (Wildman–Crippen LogP) is 2.57. The molecule has 2 amide bonds. The maximum atomic E-state index is 13.3. The molecule has 0 saturated carbocycles. The number of benzene rings is 2. The molecular weight excluding hydrogens is 340 g/mol. The van der Waals surface area contributed by atoms with Gasteiger partial charge < -0.3 is 15.5 Å². The average molecular weight is 359 g/mol. The molecule has 26 heavy (non-hydrogen) atoms. The smallest absolute Gasteiger partial charge is 0.255 e. The van der Waals surface area contributed by atoms with Crippen LogP contribution in [-0.2, 0) is 0 Å². The van der Waals surface area contributed by atoms with Crippen molar-refractivity contribution in [2.24, 2.45) is 0 Å².